The van der Waals surface area contributed by atoms with E-state index in [2.05, 4.69) is 10.6 Å². The molecule has 1 aliphatic heterocycles. The van der Waals surface area contributed by atoms with E-state index < -0.39 is 17.4 Å². The Bertz CT molecular complexity index is 469. The van der Waals surface area contributed by atoms with Crippen LogP contribution in [0.25, 0.3) is 0 Å². The van der Waals surface area contributed by atoms with E-state index >= 15 is 0 Å². The monoisotopic (exact) mass is 278 g/mol. The van der Waals surface area contributed by atoms with Gasteiger partial charge in [-0.2, -0.15) is 0 Å². The van der Waals surface area contributed by atoms with Crippen LogP contribution in [-0.2, 0) is 9.53 Å². The number of para-hydroxylation sites is 1. The maximum Gasteiger partial charge on any atom is 0.319 e. The van der Waals surface area contributed by atoms with Crippen LogP contribution in [-0.4, -0.2) is 36.9 Å². The fourth-order valence-corrected chi connectivity index (χ4v) is 2.17. The van der Waals surface area contributed by atoms with Gasteiger partial charge in [-0.1, -0.05) is 18.2 Å². The Morgan fingerprint density at radius 2 is 1.85 bits per heavy atom. The van der Waals surface area contributed by atoms with Gasteiger partial charge in [0.05, 0.1) is 5.41 Å². The van der Waals surface area contributed by atoms with Gasteiger partial charge in [-0.05, 0) is 25.0 Å². The maximum absolute atomic E-state index is 11.8. The molecule has 2 amide bonds. The number of nitrogens with one attached hydrogen (secondary N) is 2. The minimum absolute atomic E-state index is 0.102. The van der Waals surface area contributed by atoms with Crippen molar-refractivity contribution >= 4 is 17.7 Å². The van der Waals surface area contributed by atoms with Crippen molar-refractivity contribution in [1.82, 2.24) is 5.32 Å². The third kappa shape index (κ3) is 3.48. The molecular formula is C14H18N2O4. The Hall–Kier alpha value is -2.08. The molecule has 108 valence electrons. The molecule has 1 aromatic rings. The summed E-state index contributed by atoms with van der Waals surface area (Å²) in [5.41, 5.74) is -0.256. The summed E-state index contributed by atoms with van der Waals surface area (Å²) in [5.74, 6) is -0.888. The molecular weight excluding hydrogens is 260 g/mol. The van der Waals surface area contributed by atoms with Crippen molar-refractivity contribution in [2.75, 3.05) is 25.1 Å². The lowest BCUT2D eigenvalue weighted by atomic mass is 9.80. The van der Waals surface area contributed by atoms with Gasteiger partial charge in [-0.3, -0.25) is 4.79 Å². The largest absolute Gasteiger partial charge is 0.481 e. The van der Waals surface area contributed by atoms with Crippen LogP contribution in [0.1, 0.15) is 12.8 Å². The lowest BCUT2D eigenvalue weighted by Gasteiger charge is -2.33. The first-order valence-electron chi connectivity index (χ1n) is 6.53. The summed E-state index contributed by atoms with van der Waals surface area (Å²) in [7, 11) is 0. The van der Waals surface area contributed by atoms with Crippen LogP contribution < -0.4 is 10.6 Å². The van der Waals surface area contributed by atoms with Crippen molar-refractivity contribution in [2.45, 2.75) is 12.8 Å². The summed E-state index contributed by atoms with van der Waals surface area (Å²) < 4.78 is 5.19. The third-order valence-corrected chi connectivity index (χ3v) is 3.52. The van der Waals surface area contributed by atoms with E-state index in [0.29, 0.717) is 31.7 Å². The maximum atomic E-state index is 11.8. The van der Waals surface area contributed by atoms with Gasteiger partial charge < -0.3 is 20.5 Å². The number of ether oxygens (including phenoxy) is 1. The highest BCUT2D eigenvalue weighted by molar-refractivity contribution is 5.89. The molecule has 0 aromatic heterocycles. The molecule has 20 heavy (non-hydrogen) atoms. The Labute approximate surface area is 117 Å². The fraction of sp³-hybridized carbons (Fsp3) is 0.429. The van der Waals surface area contributed by atoms with Crippen LogP contribution in [0.4, 0.5) is 10.5 Å². The van der Waals surface area contributed by atoms with Gasteiger partial charge in [0.1, 0.15) is 0 Å². The lowest BCUT2D eigenvalue weighted by Crippen LogP contribution is -2.47. The van der Waals surface area contributed by atoms with E-state index in [1.165, 1.54) is 0 Å². The van der Waals surface area contributed by atoms with Gasteiger partial charge >= 0.3 is 12.0 Å². The number of carbonyl (C=O) groups is 2. The standard InChI is InChI=1S/C14H18N2O4/c17-12(18)14(6-8-20-9-7-14)10-15-13(19)16-11-4-2-1-3-5-11/h1-5H,6-10H2,(H,17,18)(H2,15,16,19). The number of hydrogen-bond donors (Lipinski definition) is 3. The molecule has 6 nitrogen and oxygen atoms in total. The van der Waals surface area contributed by atoms with E-state index in [1.807, 2.05) is 18.2 Å². The van der Waals surface area contributed by atoms with Crippen LogP contribution >= 0.6 is 0 Å². The van der Waals surface area contributed by atoms with E-state index in [-0.39, 0.29) is 6.54 Å². The van der Waals surface area contributed by atoms with E-state index in [1.54, 1.807) is 12.1 Å². The van der Waals surface area contributed by atoms with Gasteiger partial charge in [-0.15, -0.1) is 0 Å². The molecule has 0 aliphatic carbocycles. The molecule has 0 atom stereocenters. The number of rotatable bonds is 4. The molecule has 0 radical (unpaired) electrons. The van der Waals surface area contributed by atoms with Crippen LogP contribution in [0.2, 0.25) is 0 Å². The first-order valence-corrected chi connectivity index (χ1v) is 6.53. The van der Waals surface area contributed by atoms with Crippen LogP contribution in [0.5, 0.6) is 0 Å². The van der Waals surface area contributed by atoms with Crippen LogP contribution in [0.15, 0.2) is 30.3 Å². The smallest absolute Gasteiger partial charge is 0.319 e. The predicted octanol–water partition coefficient (Wildman–Crippen LogP) is 1.69. The number of urea groups is 1. The number of carboxylic acids is 1. The lowest BCUT2D eigenvalue weighted by molar-refractivity contribution is -0.154. The molecule has 0 spiro atoms. The SMILES string of the molecule is O=C(NCC1(C(=O)O)CCOCC1)Nc1ccccc1. The van der Waals surface area contributed by atoms with E-state index in [4.69, 9.17) is 4.74 Å². The van der Waals surface area contributed by atoms with Gasteiger partial charge in [0, 0.05) is 25.4 Å². The van der Waals surface area contributed by atoms with Crippen molar-refractivity contribution in [3.05, 3.63) is 30.3 Å². The topological polar surface area (TPSA) is 87.7 Å². The molecule has 3 N–H and O–H groups in total. The number of carboxylic acid groups (broad SMARTS) is 1. The Morgan fingerprint density at radius 1 is 1.20 bits per heavy atom. The van der Waals surface area contributed by atoms with Crippen molar-refractivity contribution in [3.8, 4) is 0 Å². The second kappa shape index (κ2) is 6.38. The fourth-order valence-electron chi connectivity index (χ4n) is 2.17. The molecule has 1 heterocycles. The van der Waals surface area contributed by atoms with E-state index in [9.17, 15) is 14.7 Å². The number of amides is 2. The Balaban J connectivity index is 1.89. The van der Waals surface area contributed by atoms with Crippen molar-refractivity contribution in [3.63, 3.8) is 0 Å². The molecule has 1 aromatic carbocycles. The summed E-state index contributed by atoms with van der Waals surface area (Å²) in [4.78, 5) is 23.2. The normalized spacial score (nSPS) is 17.2. The van der Waals surface area contributed by atoms with E-state index in [0.717, 1.165) is 0 Å². The van der Waals surface area contributed by atoms with Crippen molar-refractivity contribution < 1.29 is 19.4 Å². The van der Waals surface area contributed by atoms with Crippen molar-refractivity contribution in [1.29, 1.82) is 0 Å². The number of carbonyl (C=O) groups excluding carboxylic acids is 1. The molecule has 0 bridgehead atoms. The average molecular weight is 278 g/mol. The summed E-state index contributed by atoms with van der Waals surface area (Å²) in [5, 5.41) is 14.7. The minimum Gasteiger partial charge on any atom is -0.481 e. The summed E-state index contributed by atoms with van der Waals surface area (Å²) in [6.07, 6.45) is 0.821. The highest BCUT2D eigenvalue weighted by Gasteiger charge is 2.40. The summed E-state index contributed by atoms with van der Waals surface area (Å²) in [6.45, 7) is 0.924. The second-order valence-electron chi connectivity index (χ2n) is 4.87. The number of benzene rings is 1. The number of hydrogen-bond acceptors (Lipinski definition) is 3. The quantitative estimate of drug-likeness (QED) is 0.782. The Morgan fingerprint density at radius 3 is 2.45 bits per heavy atom. The number of anilines is 1. The van der Waals surface area contributed by atoms with Gasteiger partial charge in [0.2, 0.25) is 0 Å². The van der Waals surface area contributed by atoms with Crippen molar-refractivity contribution in [2.24, 2.45) is 5.41 Å². The highest BCUT2D eigenvalue weighted by Crippen LogP contribution is 2.30. The molecule has 2 rings (SSSR count). The predicted molar refractivity (Wildman–Crippen MR) is 73.6 cm³/mol. The molecule has 0 unspecified atom stereocenters. The molecule has 0 saturated carbocycles. The summed E-state index contributed by atoms with van der Waals surface area (Å²) in [6, 6.07) is 8.61. The Kier molecular flexibility index (Phi) is 4.57. The molecule has 1 fully saturated rings. The third-order valence-electron chi connectivity index (χ3n) is 3.52. The summed E-state index contributed by atoms with van der Waals surface area (Å²) >= 11 is 0. The van der Waals surface area contributed by atoms with Crippen LogP contribution in [0.3, 0.4) is 0 Å². The number of aliphatic carboxylic acids is 1. The minimum atomic E-state index is -0.924. The van der Waals surface area contributed by atoms with Gasteiger partial charge in [-0.25, -0.2) is 4.79 Å². The first-order chi connectivity index (χ1) is 9.62. The van der Waals surface area contributed by atoms with Gasteiger partial charge in [0.15, 0.2) is 0 Å². The molecule has 1 aliphatic rings. The molecule has 6 heteroatoms. The zero-order valence-electron chi connectivity index (χ0n) is 11.1. The second-order valence-corrected chi connectivity index (χ2v) is 4.87. The zero-order valence-corrected chi connectivity index (χ0v) is 11.1. The molecule has 1 saturated heterocycles. The average Bonchev–Trinajstić information content (AvgIpc) is 2.47. The zero-order chi connectivity index (χ0) is 14.4. The van der Waals surface area contributed by atoms with Gasteiger partial charge in [0.25, 0.3) is 0 Å². The van der Waals surface area contributed by atoms with Crippen LogP contribution in [0, 0.1) is 5.41 Å². The first kappa shape index (κ1) is 14.3. The highest BCUT2D eigenvalue weighted by atomic mass is 16.5.